The van der Waals surface area contributed by atoms with E-state index in [2.05, 4.69) is 0 Å². The summed E-state index contributed by atoms with van der Waals surface area (Å²) in [6.07, 6.45) is -9.96. The van der Waals surface area contributed by atoms with E-state index in [1.54, 1.807) is 4.90 Å². The Hall–Kier alpha value is -1.52. The monoisotopic (exact) mass is 505 g/mol. The zero-order chi connectivity index (χ0) is 24.1. The van der Waals surface area contributed by atoms with Gasteiger partial charge >= 0.3 is 18.3 Å². The van der Waals surface area contributed by atoms with E-state index in [0.717, 1.165) is 12.1 Å². The second-order valence-electron chi connectivity index (χ2n) is 8.67. The molecule has 0 unspecified atom stereocenters. The first-order valence-electron chi connectivity index (χ1n) is 10.6. The molecule has 190 valence electrons. The maximum Gasteiger partial charge on any atom is 0.416 e. The molecule has 4 nitrogen and oxygen atoms in total. The van der Waals surface area contributed by atoms with Gasteiger partial charge in [-0.2, -0.15) is 26.3 Å². The molecule has 0 aromatic heterocycles. The summed E-state index contributed by atoms with van der Waals surface area (Å²) < 4.78 is 83.4. The molecular weight excluding hydrogens is 476 g/mol. The highest BCUT2D eigenvalue weighted by Crippen LogP contribution is 2.37. The summed E-state index contributed by atoms with van der Waals surface area (Å²) in [6, 6.07) is 4.05. The van der Waals surface area contributed by atoms with Gasteiger partial charge < -0.3 is 9.84 Å². The fraction of sp³-hybridized carbons (Fsp3) is 0.682. The first-order chi connectivity index (χ1) is 14.8. The van der Waals surface area contributed by atoms with Gasteiger partial charge in [0.25, 0.3) is 0 Å². The molecule has 1 aromatic rings. The highest BCUT2D eigenvalue weighted by atomic mass is 35.5. The molecule has 0 amide bonds. The fourth-order valence-corrected chi connectivity index (χ4v) is 3.97. The van der Waals surface area contributed by atoms with Gasteiger partial charge in [0, 0.05) is 18.5 Å². The number of carboxylic acids is 1. The topological polar surface area (TPSA) is 49.8 Å². The Bertz CT molecular complexity index is 739. The predicted octanol–water partition coefficient (Wildman–Crippen LogP) is 6.14. The van der Waals surface area contributed by atoms with Gasteiger partial charge in [-0.1, -0.05) is 26.0 Å². The van der Waals surface area contributed by atoms with Crippen LogP contribution in [0.4, 0.5) is 26.3 Å². The first-order valence-corrected chi connectivity index (χ1v) is 10.6. The number of hydrogen-bond acceptors (Lipinski definition) is 3. The minimum atomic E-state index is -4.50. The third kappa shape index (κ3) is 9.70. The Morgan fingerprint density at radius 2 is 1.73 bits per heavy atom. The van der Waals surface area contributed by atoms with Crippen molar-refractivity contribution in [2.24, 2.45) is 5.92 Å². The van der Waals surface area contributed by atoms with Crippen LogP contribution in [-0.4, -0.2) is 54.0 Å². The van der Waals surface area contributed by atoms with Crippen molar-refractivity contribution in [1.82, 2.24) is 4.90 Å². The van der Waals surface area contributed by atoms with Crippen LogP contribution in [0.1, 0.15) is 56.6 Å². The van der Waals surface area contributed by atoms with Crippen molar-refractivity contribution in [2.75, 3.05) is 19.7 Å². The summed E-state index contributed by atoms with van der Waals surface area (Å²) in [5, 5.41) is 9.10. The van der Waals surface area contributed by atoms with Crippen LogP contribution in [0, 0.1) is 5.92 Å². The van der Waals surface area contributed by atoms with E-state index in [4.69, 9.17) is 9.84 Å². The highest BCUT2D eigenvalue weighted by molar-refractivity contribution is 5.85. The smallest absolute Gasteiger partial charge is 0.416 e. The van der Waals surface area contributed by atoms with Gasteiger partial charge in [-0.05, 0) is 43.0 Å². The minimum absolute atomic E-state index is 0. The normalized spacial score (nSPS) is 21.8. The lowest BCUT2D eigenvalue weighted by atomic mass is 9.82. The van der Waals surface area contributed by atoms with E-state index in [0.29, 0.717) is 18.5 Å². The summed E-state index contributed by atoms with van der Waals surface area (Å²) in [5.74, 6) is -1.28. The molecule has 2 rings (SSSR count). The molecule has 0 aliphatic carbocycles. The molecule has 0 radical (unpaired) electrons. The Morgan fingerprint density at radius 3 is 2.21 bits per heavy atom. The number of ether oxygens (including phenoxy) is 1. The average Bonchev–Trinajstić information content (AvgIpc) is 2.66. The van der Waals surface area contributed by atoms with E-state index in [1.807, 2.05) is 13.8 Å². The predicted molar refractivity (Wildman–Crippen MR) is 114 cm³/mol. The van der Waals surface area contributed by atoms with Crippen LogP contribution in [-0.2, 0) is 15.7 Å². The zero-order valence-corrected chi connectivity index (χ0v) is 19.3. The minimum Gasteiger partial charge on any atom is -0.481 e. The van der Waals surface area contributed by atoms with Crippen molar-refractivity contribution in [3.63, 3.8) is 0 Å². The largest absolute Gasteiger partial charge is 0.481 e. The Labute approximate surface area is 195 Å². The third-order valence-electron chi connectivity index (χ3n) is 5.70. The fourth-order valence-electron chi connectivity index (χ4n) is 3.97. The number of rotatable bonds is 9. The van der Waals surface area contributed by atoms with Crippen molar-refractivity contribution >= 4 is 18.4 Å². The molecule has 1 aliphatic heterocycles. The lowest BCUT2D eigenvalue weighted by molar-refractivity contribution is -0.147. The van der Waals surface area contributed by atoms with Crippen molar-refractivity contribution in [2.45, 2.75) is 69.9 Å². The van der Waals surface area contributed by atoms with Gasteiger partial charge in [0.1, 0.15) is 0 Å². The molecule has 1 N–H and O–H groups in total. The van der Waals surface area contributed by atoms with Crippen molar-refractivity contribution < 1.29 is 41.0 Å². The van der Waals surface area contributed by atoms with Crippen molar-refractivity contribution in [3.05, 3.63) is 35.4 Å². The molecule has 1 aromatic carbocycles. The number of aliphatic carboxylic acids is 1. The molecule has 1 aliphatic rings. The van der Waals surface area contributed by atoms with E-state index < -0.39 is 48.4 Å². The Balaban J connectivity index is 0.00000544. The number of halogens is 7. The number of carboxylic acid groups (broad SMARTS) is 1. The molecule has 0 bridgehead atoms. The van der Waals surface area contributed by atoms with E-state index in [-0.39, 0.29) is 44.3 Å². The second-order valence-corrected chi connectivity index (χ2v) is 8.67. The summed E-state index contributed by atoms with van der Waals surface area (Å²) >= 11 is 0. The van der Waals surface area contributed by atoms with Crippen LogP contribution >= 0.6 is 12.4 Å². The van der Waals surface area contributed by atoms with Crippen LogP contribution in [0.3, 0.4) is 0 Å². The van der Waals surface area contributed by atoms with Crippen LogP contribution < -0.4 is 0 Å². The zero-order valence-electron chi connectivity index (χ0n) is 18.5. The summed E-state index contributed by atoms with van der Waals surface area (Å²) in [5.41, 5.74) is -0.288. The number of hydrogen-bond donors (Lipinski definition) is 1. The van der Waals surface area contributed by atoms with E-state index >= 15 is 0 Å². The molecule has 11 heteroatoms. The number of alkyl halides is 6. The number of carbonyl (C=O) groups is 1. The van der Waals surface area contributed by atoms with Crippen molar-refractivity contribution in [1.29, 1.82) is 0 Å². The van der Waals surface area contributed by atoms with Crippen LogP contribution in [0.5, 0.6) is 0 Å². The van der Waals surface area contributed by atoms with E-state index in [1.165, 1.54) is 12.1 Å². The highest BCUT2D eigenvalue weighted by Gasteiger charge is 2.39. The van der Waals surface area contributed by atoms with Gasteiger partial charge in [0.2, 0.25) is 0 Å². The van der Waals surface area contributed by atoms with Crippen LogP contribution in [0.15, 0.2) is 24.3 Å². The Kier molecular flexibility index (Phi) is 11.0. The van der Waals surface area contributed by atoms with E-state index in [9.17, 15) is 31.1 Å². The maximum atomic E-state index is 13.0. The molecule has 0 spiro atoms. The lowest BCUT2D eigenvalue weighted by Crippen LogP contribution is -2.49. The molecule has 1 heterocycles. The van der Waals surface area contributed by atoms with Gasteiger partial charge in [-0.3, -0.25) is 9.69 Å². The van der Waals surface area contributed by atoms with Gasteiger partial charge in [0.05, 0.1) is 31.1 Å². The number of benzene rings is 1. The number of nitrogens with zero attached hydrogens (tertiary/aromatic N) is 1. The summed E-state index contributed by atoms with van der Waals surface area (Å²) in [7, 11) is 0. The molecule has 0 saturated carbocycles. The molecule has 3 atom stereocenters. The molecule has 1 saturated heterocycles. The second kappa shape index (κ2) is 12.3. The van der Waals surface area contributed by atoms with Crippen LogP contribution in [0.2, 0.25) is 0 Å². The lowest BCUT2D eigenvalue weighted by Gasteiger charge is -2.43. The average molecular weight is 506 g/mol. The summed E-state index contributed by atoms with van der Waals surface area (Å²) in [4.78, 5) is 12.8. The SMILES string of the molecule is CC(C)CCN(CCC(F)(F)F)[C@@H]1CO[C@@H](CC(=O)O)C[C@H]1c1ccc(C(F)(F)F)cc1.Cl. The molecular formula is C22H30ClF6NO3. The Morgan fingerprint density at radius 1 is 1.12 bits per heavy atom. The third-order valence-corrected chi connectivity index (χ3v) is 5.70. The maximum absolute atomic E-state index is 13.0. The van der Waals surface area contributed by atoms with Gasteiger partial charge in [-0.15, -0.1) is 12.4 Å². The summed E-state index contributed by atoms with van der Waals surface area (Å²) in [6.45, 7) is 4.04. The van der Waals surface area contributed by atoms with Crippen molar-refractivity contribution in [3.8, 4) is 0 Å². The standard InChI is InChI=1S/C22H29F6NO3.ClH/c1-14(2)7-9-29(10-8-21(23,24)25)19-13-32-17(12-20(30)31)11-18(19)15-3-5-16(6-4-15)22(26,27)28;/h3-6,14,17-19H,7-13H2,1-2H3,(H,30,31);1H/t17-,18+,19-;/m1./s1. The van der Waals surface area contributed by atoms with Gasteiger partial charge in [-0.25, -0.2) is 0 Å². The van der Waals surface area contributed by atoms with Gasteiger partial charge in [0.15, 0.2) is 0 Å². The first kappa shape index (κ1) is 29.5. The molecule has 1 fully saturated rings. The van der Waals surface area contributed by atoms with Crippen LogP contribution in [0.25, 0.3) is 0 Å². The molecule has 33 heavy (non-hydrogen) atoms. The quantitative estimate of drug-likeness (QED) is 0.409.